The molecule has 0 amide bonds. The number of benzene rings is 3. The van der Waals surface area contributed by atoms with Crippen molar-refractivity contribution in [1.82, 2.24) is 9.97 Å². The summed E-state index contributed by atoms with van der Waals surface area (Å²) < 4.78 is 72.2. The van der Waals surface area contributed by atoms with Gasteiger partial charge in [0.05, 0.1) is 35.0 Å². The van der Waals surface area contributed by atoms with Crippen LogP contribution in [0.5, 0.6) is 11.5 Å². The molecule has 2 aliphatic heterocycles. The standard InChI is InChI=1S/C50H28F4N6O4S2/c1-57-35(21-55)41-23-13-31(51)33(53)15-25(23)43(61)29(41)19-39-59-47-45(65-39)27-17-38-28(18-37(27)63-49(47)9-5-3-6-10-49)46-48(50(64-38)11-7-4-8-12-50)60-40(66-46)20-30-42(36(22-56)58-2)24-14-32(52)34(54)16-26(24)44(30)62/h13-20H,3-12H2/b29-19-,30-20-,41-35+,42-36?. The minimum absolute atomic E-state index is 0.0448. The van der Waals surface area contributed by atoms with Gasteiger partial charge in [0.15, 0.2) is 46.0 Å². The molecule has 0 unspecified atom stereocenters. The summed E-state index contributed by atoms with van der Waals surface area (Å²) in [4.78, 5) is 46.1. The Hall–Kier alpha value is -7.50. The second-order valence-electron chi connectivity index (χ2n) is 16.9. The van der Waals surface area contributed by atoms with Crippen molar-refractivity contribution in [3.8, 4) is 44.5 Å². The number of hydrogen-bond donors (Lipinski definition) is 0. The number of carbonyl (C=O) groups excluding carboxylic acids is 2. The van der Waals surface area contributed by atoms with Crippen LogP contribution in [-0.2, 0) is 11.2 Å². The maximum absolute atomic E-state index is 14.6. The lowest BCUT2D eigenvalue weighted by Gasteiger charge is -2.43. The second-order valence-corrected chi connectivity index (χ2v) is 19.0. The Morgan fingerprint density at radius 1 is 0.591 bits per heavy atom. The van der Waals surface area contributed by atoms with Gasteiger partial charge in [0.1, 0.15) is 32.9 Å². The molecule has 4 heterocycles. The summed E-state index contributed by atoms with van der Waals surface area (Å²) in [5, 5.41) is 20.5. The van der Waals surface area contributed by atoms with Crippen LogP contribution in [0.25, 0.3) is 53.9 Å². The number of ether oxygens (including phenoxy) is 2. The third-order valence-corrected chi connectivity index (χ3v) is 15.3. The number of halogens is 4. The molecule has 11 rings (SSSR count). The highest BCUT2D eigenvalue weighted by molar-refractivity contribution is 7.16. The van der Waals surface area contributed by atoms with Crippen molar-refractivity contribution < 1.29 is 36.6 Å². The van der Waals surface area contributed by atoms with Crippen molar-refractivity contribution in [3.05, 3.63) is 149 Å². The van der Waals surface area contributed by atoms with Gasteiger partial charge in [-0.3, -0.25) is 9.59 Å². The number of thiazole rings is 2. The number of Topliss-reactive ketones (excluding diaryl/α,β-unsaturated/α-hetero) is 2. The molecule has 2 spiro atoms. The predicted octanol–water partition coefficient (Wildman–Crippen LogP) is 12.5. The number of carbonyl (C=O) groups is 2. The Bertz CT molecular complexity index is 3170. The zero-order chi connectivity index (χ0) is 45.8. The smallest absolute Gasteiger partial charge is 0.270 e. The van der Waals surface area contributed by atoms with Crippen LogP contribution >= 0.6 is 22.7 Å². The Kier molecular flexibility index (Phi) is 9.39. The quantitative estimate of drug-likeness (QED) is 0.0739. The Labute approximate surface area is 381 Å². The van der Waals surface area contributed by atoms with Gasteiger partial charge in [-0.15, -0.1) is 22.7 Å². The summed E-state index contributed by atoms with van der Waals surface area (Å²) in [6.07, 6.45) is 10.9. The van der Waals surface area contributed by atoms with Gasteiger partial charge in [0.2, 0.25) is 0 Å². The monoisotopic (exact) mass is 916 g/mol. The minimum Gasteiger partial charge on any atom is -0.480 e. The number of rotatable bonds is 2. The summed E-state index contributed by atoms with van der Waals surface area (Å²) in [5.74, 6) is -5.14. The lowest BCUT2D eigenvalue weighted by Crippen LogP contribution is -2.39. The fourth-order valence-corrected chi connectivity index (χ4v) is 12.5. The molecule has 0 saturated heterocycles. The van der Waals surface area contributed by atoms with E-state index < -0.39 is 57.4 Å². The van der Waals surface area contributed by atoms with Crippen molar-refractivity contribution in [2.45, 2.75) is 75.4 Å². The number of hydrogen-bond acceptors (Lipinski definition) is 10. The molecule has 0 N–H and O–H groups in total. The molecule has 4 aliphatic carbocycles. The average molecular weight is 917 g/mol. The lowest BCUT2D eigenvalue weighted by molar-refractivity contribution is 0.0163. The molecule has 0 atom stereocenters. The summed E-state index contributed by atoms with van der Waals surface area (Å²) in [5.41, 5.74) is -0.625. The molecule has 6 aliphatic rings. The summed E-state index contributed by atoms with van der Waals surface area (Å²) >= 11 is 2.57. The zero-order valence-electron chi connectivity index (χ0n) is 34.3. The highest BCUT2D eigenvalue weighted by Crippen LogP contribution is 2.60. The minimum atomic E-state index is -1.23. The highest BCUT2D eigenvalue weighted by Gasteiger charge is 2.49. The molecule has 10 nitrogen and oxygen atoms in total. The Morgan fingerprint density at radius 3 is 1.30 bits per heavy atom. The summed E-state index contributed by atoms with van der Waals surface area (Å²) in [6.45, 7) is 15.4. The van der Waals surface area contributed by atoms with Crippen molar-refractivity contribution in [1.29, 1.82) is 10.5 Å². The number of nitrogens with zero attached hydrogens (tertiary/aromatic N) is 6. The van der Waals surface area contributed by atoms with E-state index in [1.165, 1.54) is 34.8 Å². The van der Waals surface area contributed by atoms with E-state index in [1.807, 2.05) is 24.3 Å². The number of fused-ring (bicyclic) bond motifs is 10. The number of nitriles is 2. The molecule has 3 aromatic carbocycles. The number of aromatic nitrogens is 2. The van der Waals surface area contributed by atoms with Crippen LogP contribution < -0.4 is 9.47 Å². The average Bonchev–Trinajstić information content (AvgIpc) is 4.07. The third-order valence-electron chi connectivity index (χ3n) is 13.3. The van der Waals surface area contributed by atoms with Crippen LogP contribution in [0.4, 0.5) is 17.6 Å². The Morgan fingerprint density at radius 2 is 0.955 bits per heavy atom. The van der Waals surface area contributed by atoms with E-state index in [4.69, 9.17) is 32.6 Å². The van der Waals surface area contributed by atoms with Gasteiger partial charge in [0, 0.05) is 44.5 Å². The molecular weight excluding hydrogens is 889 g/mol. The first-order chi connectivity index (χ1) is 31.9. The normalized spacial score (nSPS) is 20.7. The van der Waals surface area contributed by atoms with Crippen LogP contribution in [-0.4, -0.2) is 21.5 Å². The van der Waals surface area contributed by atoms with Crippen LogP contribution in [0.15, 0.2) is 58.9 Å². The third kappa shape index (κ3) is 5.99. The SMILES string of the molecule is [C-]#[N+]C(C#N)=C1/C(=C/c2nc3c(s2)-c2cc4c(cc2OC32CCCCC2)-c2sc(/C=C3\C(=O)c5cc(F)c(F)cc5\C3=C(\C#N)[N+]#[C-])nc2C2(CCCCC2)O4)C(=O)c2cc(F)c(F)cc21. The fourth-order valence-electron chi connectivity index (χ4n) is 10.3. The topological polar surface area (TPSA) is 135 Å². The van der Waals surface area contributed by atoms with E-state index in [9.17, 15) is 37.7 Å². The van der Waals surface area contributed by atoms with E-state index in [-0.39, 0.29) is 44.5 Å². The molecule has 322 valence electrons. The fraction of sp³-hybridized carbons (Fsp3) is 0.240. The van der Waals surface area contributed by atoms with Crippen molar-refractivity contribution >= 4 is 57.5 Å². The maximum Gasteiger partial charge on any atom is 0.270 e. The van der Waals surface area contributed by atoms with Gasteiger partial charge in [-0.05, 0) is 111 Å². The first kappa shape index (κ1) is 41.2. The Balaban J connectivity index is 1.07. The largest absolute Gasteiger partial charge is 0.480 e. The van der Waals surface area contributed by atoms with Crippen molar-refractivity contribution in [3.63, 3.8) is 0 Å². The first-order valence-electron chi connectivity index (χ1n) is 21.1. The first-order valence-corrected chi connectivity index (χ1v) is 22.7. The molecular formula is C50H28F4N6O4S2. The van der Waals surface area contributed by atoms with E-state index in [0.29, 0.717) is 69.7 Å². The van der Waals surface area contributed by atoms with Gasteiger partial charge in [0.25, 0.3) is 11.4 Å². The molecule has 0 bridgehead atoms. The molecule has 66 heavy (non-hydrogen) atoms. The van der Waals surface area contributed by atoms with Crippen LogP contribution in [0.1, 0.15) is 117 Å². The lowest BCUT2D eigenvalue weighted by atomic mass is 9.78. The second kappa shape index (κ2) is 15.0. The predicted molar refractivity (Wildman–Crippen MR) is 235 cm³/mol. The van der Waals surface area contributed by atoms with Gasteiger partial charge in [-0.25, -0.2) is 47.7 Å². The molecule has 2 fully saturated rings. The number of ketones is 2. The van der Waals surface area contributed by atoms with Crippen molar-refractivity contribution in [2.24, 2.45) is 0 Å². The molecule has 2 saturated carbocycles. The van der Waals surface area contributed by atoms with Crippen molar-refractivity contribution in [2.75, 3.05) is 0 Å². The molecule has 0 radical (unpaired) electrons. The molecule has 16 heteroatoms. The molecule has 5 aromatic rings. The molecule has 2 aromatic heterocycles. The van der Waals surface area contributed by atoms with E-state index in [2.05, 4.69) is 9.69 Å². The van der Waals surface area contributed by atoms with Crippen LogP contribution in [0.3, 0.4) is 0 Å². The summed E-state index contributed by atoms with van der Waals surface area (Å²) in [6, 6.07) is 10.7. The highest BCUT2D eigenvalue weighted by atomic mass is 32.1. The maximum atomic E-state index is 14.6. The van der Waals surface area contributed by atoms with Gasteiger partial charge in [-0.2, -0.15) is 0 Å². The van der Waals surface area contributed by atoms with E-state index in [1.54, 1.807) is 0 Å². The van der Waals surface area contributed by atoms with Gasteiger partial charge in [-0.1, -0.05) is 12.8 Å². The van der Waals surface area contributed by atoms with Crippen LogP contribution in [0.2, 0.25) is 0 Å². The van der Waals surface area contributed by atoms with E-state index in [0.717, 1.165) is 72.5 Å². The summed E-state index contributed by atoms with van der Waals surface area (Å²) in [7, 11) is 0. The van der Waals surface area contributed by atoms with Gasteiger partial charge < -0.3 is 9.47 Å². The van der Waals surface area contributed by atoms with E-state index >= 15 is 0 Å². The number of allylic oxidation sites excluding steroid dienone is 6. The zero-order valence-corrected chi connectivity index (χ0v) is 36.0. The van der Waals surface area contributed by atoms with Gasteiger partial charge >= 0.3 is 0 Å². The van der Waals surface area contributed by atoms with Crippen LogP contribution in [0, 0.1) is 59.1 Å².